The Morgan fingerprint density at radius 1 is 1.20 bits per heavy atom. The van der Waals surface area contributed by atoms with Crippen molar-refractivity contribution in [1.82, 2.24) is 0 Å². The summed E-state index contributed by atoms with van der Waals surface area (Å²) < 4.78 is 0. The predicted octanol–water partition coefficient (Wildman–Crippen LogP) is 2.13. The smallest absolute Gasteiger partial charge is 0.0951 e. The molecule has 0 aliphatic heterocycles. The summed E-state index contributed by atoms with van der Waals surface area (Å²) in [7, 11) is 0. The average Bonchev–Trinajstić information content (AvgIpc) is 2.03. The summed E-state index contributed by atoms with van der Waals surface area (Å²) in [6, 6.07) is 9.62. The fourth-order valence-electron chi connectivity index (χ4n) is 0.668. The van der Waals surface area contributed by atoms with Gasteiger partial charge in [0, 0.05) is 11.9 Å². The van der Waals surface area contributed by atoms with Gasteiger partial charge in [-0.1, -0.05) is 18.2 Å². The van der Waals surface area contributed by atoms with Gasteiger partial charge in [0.25, 0.3) is 0 Å². The molecule has 0 fully saturated rings. The lowest BCUT2D eigenvalue weighted by molar-refractivity contribution is 0.473. The molecule has 0 aromatic heterocycles. The van der Waals surface area contributed by atoms with E-state index in [4.69, 9.17) is 5.11 Å². The molecule has 0 amide bonds. The Hall–Kier alpha value is -1.44. The van der Waals surface area contributed by atoms with Crippen molar-refractivity contribution < 1.29 is 5.11 Å². The molecule has 0 bridgehead atoms. The van der Waals surface area contributed by atoms with Crippen LogP contribution in [0.1, 0.15) is 0 Å². The van der Waals surface area contributed by atoms with Crippen molar-refractivity contribution in [2.45, 2.75) is 0 Å². The summed E-state index contributed by atoms with van der Waals surface area (Å²) in [5, 5.41) is 11.1. The Bertz CT molecular complexity index is 206. The zero-order chi connectivity index (χ0) is 7.23. The van der Waals surface area contributed by atoms with Gasteiger partial charge in [-0.05, 0) is 12.1 Å². The van der Waals surface area contributed by atoms with Gasteiger partial charge in [0.15, 0.2) is 0 Å². The summed E-state index contributed by atoms with van der Waals surface area (Å²) in [4.78, 5) is 0. The van der Waals surface area contributed by atoms with Crippen molar-refractivity contribution >= 4 is 5.69 Å². The molecule has 2 heteroatoms. The topological polar surface area (TPSA) is 32.3 Å². The minimum absolute atomic E-state index is 0.965. The highest BCUT2D eigenvalue weighted by Gasteiger charge is 1.80. The van der Waals surface area contributed by atoms with Crippen LogP contribution in [0, 0.1) is 0 Å². The van der Waals surface area contributed by atoms with Crippen molar-refractivity contribution in [1.29, 1.82) is 0 Å². The third kappa shape index (κ3) is 1.82. The second-order valence-corrected chi connectivity index (χ2v) is 1.83. The summed E-state index contributed by atoms with van der Waals surface area (Å²) in [5.74, 6) is 0. The van der Waals surface area contributed by atoms with Crippen LogP contribution in [0.2, 0.25) is 0 Å². The molecule has 0 saturated carbocycles. The molecular formula is C8H9NO. The zero-order valence-corrected chi connectivity index (χ0v) is 5.49. The van der Waals surface area contributed by atoms with Crippen LogP contribution >= 0.6 is 0 Å². The lowest BCUT2D eigenvalue weighted by atomic mass is 10.3. The Morgan fingerprint density at radius 3 is 2.50 bits per heavy atom. The lowest BCUT2D eigenvalue weighted by Crippen LogP contribution is -1.84. The maximum atomic E-state index is 8.28. The standard InChI is InChI=1S/C8H9NO/c10-7-6-9-8-4-2-1-3-5-8/h1-7,9-10H/b7-6-. The van der Waals surface area contributed by atoms with Crippen LogP contribution in [0.25, 0.3) is 0 Å². The van der Waals surface area contributed by atoms with E-state index in [1.165, 1.54) is 6.20 Å². The first kappa shape index (κ1) is 6.68. The molecular weight excluding hydrogens is 126 g/mol. The highest BCUT2D eigenvalue weighted by Crippen LogP contribution is 2.03. The Morgan fingerprint density at radius 2 is 1.90 bits per heavy atom. The molecule has 0 aliphatic carbocycles. The van der Waals surface area contributed by atoms with Crippen molar-refractivity contribution in [2.24, 2.45) is 0 Å². The first-order chi connectivity index (χ1) is 4.93. The van der Waals surface area contributed by atoms with Crippen molar-refractivity contribution in [3.63, 3.8) is 0 Å². The monoisotopic (exact) mass is 135 g/mol. The van der Waals surface area contributed by atoms with Crippen molar-refractivity contribution in [3.8, 4) is 0 Å². The summed E-state index contributed by atoms with van der Waals surface area (Å²) in [6.07, 6.45) is 2.43. The largest absolute Gasteiger partial charge is 0.514 e. The molecule has 52 valence electrons. The molecule has 2 nitrogen and oxygen atoms in total. The molecule has 0 saturated heterocycles. The number of benzene rings is 1. The van der Waals surface area contributed by atoms with E-state index in [-0.39, 0.29) is 0 Å². The number of para-hydroxylation sites is 1. The number of hydrogen-bond donors (Lipinski definition) is 2. The Balaban J connectivity index is 2.59. The van der Waals surface area contributed by atoms with Gasteiger partial charge in [0.1, 0.15) is 0 Å². The number of anilines is 1. The van der Waals surface area contributed by atoms with Gasteiger partial charge in [0.2, 0.25) is 0 Å². The third-order valence-corrected chi connectivity index (χ3v) is 1.10. The van der Waals surface area contributed by atoms with Crippen LogP contribution in [0.15, 0.2) is 42.8 Å². The molecule has 0 heterocycles. The fourth-order valence-corrected chi connectivity index (χ4v) is 0.668. The fraction of sp³-hybridized carbons (Fsp3) is 0. The normalized spacial score (nSPS) is 10.0. The van der Waals surface area contributed by atoms with Gasteiger partial charge < -0.3 is 10.4 Å². The van der Waals surface area contributed by atoms with Gasteiger partial charge in [-0.2, -0.15) is 0 Å². The molecule has 1 aromatic carbocycles. The zero-order valence-electron chi connectivity index (χ0n) is 5.49. The Kier molecular flexibility index (Phi) is 2.38. The molecule has 0 radical (unpaired) electrons. The second kappa shape index (κ2) is 3.56. The summed E-state index contributed by atoms with van der Waals surface area (Å²) in [6.45, 7) is 0. The van der Waals surface area contributed by atoms with Crippen LogP contribution in [-0.4, -0.2) is 5.11 Å². The number of aliphatic hydroxyl groups is 1. The Labute approximate surface area is 59.8 Å². The SMILES string of the molecule is O/C=C\Nc1ccccc1. The molecule has 10 heavy (non-hydrogen) atoms. The van der Waals surface area contributed by atoms with Gasteiger partial charge in [0.05, 0.1) is 6.26 Å². The quantitative estimate of drug-likeness (QED) is 0.609. The predicted molar refractivity (Wildman–Crippen MR) is 41.8 cm³/mol. The number of aliphatic hydroxyl groups excluding tert-OH is 1. The first-order valence-electron chi connectivity index (χ1n) is 3.04. The molecule has 0 atom stereocenters. The molecule has 2 N–H and O–H groups in total. The van der Waals surface area contributed by atoms with Gasteiger partial charge in [-0.15, -0.1) is 0 Å². The van der Waals surface area contributed by atoms with E-state index in [1.54, 1.807) is 0 Å². The molecule has 1 rings (SSSR count). The third-order valence-electron chi connectivity index (χ3n) is 1.10. The van der Waals surface area contributed by atoms with E-state index in [9.17, 15) is 0 Å². The number of hydrogen-bond acceptors (Lipinski definition) is 2. The van der Waals surface area contributed by atoms with Crippen molar-refractivity contribution in [2.75, 3.05) is 5.32 Å². The minimum atomic E-state index is 0.965. The first-order valence-corrected chi connectivity index (χ1v) is 3.04. The summed E-state index contributed by atoms with van der Waals surface area (Å²) >= 11 is 0. The van der Waals surface area contributed by atoms with Crippen LogP contribution < -0.4 is 5.32 Å². The molecule has 1 aromatic rings. The van der Waals surface area contributed by atoms with Gasteiger partial charge >= 0.3 is 0 Å². The van der Waals surface area contributed by atoms with Crippen LogP contribution in [0.5, 0.6) is 0 Å². The number of nitrogens with one attached hydrogen (secondary N) is 1. The summed E-state index contributed by atoms with van der Waals surface area (Å²) in [5.41, 5.74) is 0.966. The maximum Gasteiger partial charge on any atom is 0.0951 e. The van der Waals surface area contributed by atoms with E-state index in [2.05, 4.69) is 5.32 Å². The van der Waals surface area contributed by atoms with E-state index < -0.39 is 0 Å². The highest BCUT2D eigenvalue weighted by atomic mass is 16.2. The lowest BCUT2D eigenvalue weighted by Gasteiger charge is -1.96. The van der Waals surface area contributed by atoms with E-state index in [0.717, 1.165) is 11.9 Å². The molecule has 0 aliphatic rings. The van der Waals surface area contributed by atoms with Crippen LogP contribution in [0.3, 0.4) is 0 Å². The van der Waals surface area contributed by atoms with Crippen molar-refractivity contribution in [3.05, 3.63) is 42.8 Å². The van der Waals surface area contributed by atoms with Gasteiger partial charge in [-0.3, -0.25) is 0 Å². The minimum Gasteiger partial charge on any atom is -0.514 e. The second-order valence-electron chi connectivity index (χ2n) is 1.83. The highest BCUT2D eigenvalue weighted by molar-refractivity contribution is 5.44. The molecule has 0 spiro atoms. The average molecular weight is 135 g/mol. The van der Waals surface area contributed by atoms with Gasteiger partial charge in [-0.25, -0.2) is 0 Å². The van der Waals surface area contributed by atoms with Crippen LogP contribution in [-0.2, 0) is 0 Å². The number of rotatable bonds is 2. The van der Waals surface area contributed by atoms with E-state index in [0.29, 0.717) is 0 Å². The molecule has 0 unspecified atom stereocenters. The van der Waals surface area contributed by atoms with Crippen LogP contribution in [0.4, 0.5) is 5.69 Å². The van der Waals surface area contributed by atoms with E-state index >= 15 is 0 Å². The maximum absolute atomic E-state index is 8.28. The van der Waals surface area contributed by atoms with E-state index in [1.807, 2.05) is 30.3 Å².